The van der Waals surface area contributed by atoms with Crippen LogP contribution in [0.2, 0.25) is 0 Å². The first kappa shape index (κ1) is 17.6. The second-order valence-electron chi connectivity index (χ2n) is 7.30. The van der Waals surface area contributed by atoms with Crippen molar-refractivity contribution in [3.63, 3.8) is 0 Å². The van der Waals surface area contributed by atoms with Gasteiger partial charge in [-0.3, -0.25) is 4.79 Å². The van der Waals surface area contributed by atoms with Gasteiger partial charge in [0.25, 0.3) is 0 Å². The summed E-state index contributed by atoms with van der Waals surface area (Å²) >= 11 is 0. The third-order valence-electron chi connectivity index (χ3n) is 5.00. The largest absolute Gasteiger partial charge is 0.494 e. The van der Waals surface area contributed by atoms with E-state index in [1.165, 1.54) is 18.4 Å². The second kappa shape index (κ2) is 7.43. The van der Waals surface area contributed by atoms with Crippen LogP contribution in [-0.2, 0) is 24.2 Å². The van der Waals surface area contributed by atoms with E-state index in [1.54, 1.807) is 0 Å². The van der Waals surface area contributed by atoms with Gasteiger partial charge >= 0.3 is 0 Å². The Morgan fingerprint density at radius 3 is 2.59 bits per heavy atom. The fourth-order valence-electron chi connectivity index (χ4n) is 3.49. The number of aromatic nitrogens is 2. The standard InChI is InChI=1S/C22H25N3O2/c1-2-27-18-8-5-15(6-9-18)13-22-24-19-11-17(12-21(23)26)7-10-20(19)25(22)14-16-3-4-16/h5-11,16H,2-4,12-14H2,1H3,(H2,23,26). The molecule has 1 aliphatic carbocycles. The van der Waals surface area contributed by atoms with Gasteiger partial charge in [0.05, 0.1) is 24.1 Å². The van der Waals surface area contributed by atoms with Gasteiger partial charge in [0.2, 0.25) is 5.91 Å². The number of nitrogens with zero attached hydrogens (tertiary/aromatic N) is 2. The Bertz CT molecular complexity index is 956. The highest BCUT2D eigenvalue weighted by Crippen LogP contribution is 2.33. The molecule has 27 heavy (non-hydrogen) atoms. The van der Waals surface area contributed by atoms with Crippen LogP contribution < -0.4 is 10.5 Å². The molecule has 0 atom stereocenters. The molecular weight excluding hydrogens is 338 g/mol. The number of carbonyl (C=O) groups excluding carboxylic acids is 1. The Morgan fingerprint density at radius 2 is 1.93 bits per heavy atom. The molecule has 0 saturated heterocycles. The Balaban J connectivity index is 1.65. The number of fused-ring (bicyclic) bond motifs is 1. The minimum Gasteiger partial charge on any atom is -0.494 e. The number of rotatable bonds is 8. The molecule has 0 bridgehead atoms. The maximum atomic E-state index is 11.2. The average Bonchev–Trinajstić information content (AvgIpc) is 3.39. The lowest BCUT2D eigenvalue weighted by atomic mass is 10.1. The zero-order chi connectivity index (χ0) is 18.8. The van der Waals surface area contributed by atoms with E-state index in [2.05, 4.69) is 22.8 Å². The van der Waals surface area contributed by atoms with Crippen LogP contribution in [0.3, 0.4) is 0 Å². The van der Waals surface area contributed by atoms with Crippen molar-refractivity contribution in [1.82, 2.24) is 9.55 Å². The first-order chi connectivity index (χ1) is 13.1. The van der Waals surface area contributed by atoms with E-state index < -0.39 is 0 Å². The van der Waals surface area contributed by atoms with Crippen molar-refractivity contribution >= 4 is 16.9 Å². The molecule has 5 nitrogen and oxygen atoms in total. The van der Waals surface area contributed by atoms with Crippen LogP contribution in [-0.4, -0.2) is 22.1 Å². The van der Waals surface area contributed by atoms with Crippen LogP contribution in [0.15, 0.2) is 42.5 Å². The SMILES string of the molecule is CCOc1ccc(Cc2nc3cc(CC(N)=O)ccc3n2CC2CC2)cc1. The Morgan fingerprint density at radius 1 is 1.19 bits per heavy atom. The van der Waals surface area contributed by atoms with Crippen molar-refractivity contribution < 1.29 is 9.53 Å². The van der Waals surface area contributed by atoms with Gasteiger partial charge in [-0.05, 0) is 61.1 Å². The lowest BCUT2D eigenvalue weighted by molar-refractivity contribution is -0.117. The molecule has 0 spiro atoms. The highest BCUT2D eigenvalue weighted by atomic mass is 16.5. The summed E-state index contributed by atoms with van der Waals surface area (Å²) in [6.45, 7) is 3.67. The number of benzene rings is 2. The van der Waals surface area contributed by atoms with Crippen LogP contribution in [0, 0.1) is 5.92 Å². The maximum absolute atomic E-state index is 11.2. The molecule has 1 amide bonds. The lowest BCUT2D eigenvalue weighted by Gasteiger charge is -2.09. The van der Waals surface area contributed by atoms with Crippen LogP contribution in [0.5, 0.6) is 5.75 Å². The van der Waals surface area contributed by atoms with E-state index in [9.17, 15) is 4.79 Å². The molecule has 4 rings (SSSR count). The molecule has 0 unspecified atom stereocenters. The molecule has 140 valence electrons. The van der Waals surface area contributed by atoms with E-state index in [1.807, 2.05) is 31.2 Å². The summed E-state index contributed by atoms with van der Waals surface area (Å²) in [5.74, 6) is 2.40. The van der Waals surface area contributed by atoms with Gasteiger partial charge in [-0.15, -0.1) is 0 Å². The summed E-state index contributed by atoms with van der Waals surface area (Å²) in [6, 6.07) is 14.3. The molecule has 0 radical (unpaired) electrons. The molecule has 3 aromatic rings. The molecule has 1 aromatic heterocycles. The van der Waals surface area contributed by atoms with Gasteiger partial charge in [-0.25, -0.2) is 4.98 Å². The summed E-state index contributed by atoms with van der Waals surface area (Å²) in [7, 11) is 0. The molecule has 1 fully saturated rings. The van der Waals surface area contributed by atoms with Gasteiger partial charge < -0.3 is 15.0 Å². The number of carbonyl (C=O) groups is 1. The monoisotopic (exact) mass is 363 g/mol. The third-order valence-corrected chi connectivity index (χ3v) is 5.00. The number of hydrogen-bond donors (Lipinski definition) is 1. The Hall–Kier alpha value is -2.82. The zero-order valence-corrected chi connectivity index (χ0v) is 15.6. The van der Waals surface area contributed by atoms with Crippen LogP contribution in [0.4, 0.5) is 0 Å². The average molecular weight is 363 g/mol. The summed E-state index contributed by atoms with van der Waals surface area (Å²) in [5.41, 5.74) is 9.54. The van der Waals surface area contributed by atoms with Crippen molar-refractivity contribution in [2.75, 3.05) is 6.61 Å². The van der Waals surface area contributed by atoms with E-state index >= 15 is 0 Å². The van der Waals surface area contributed by atoms with Gasteiger partial charge in [0.15, 0.2) is 0 Å². The van der Waals surface area contributed by atoms with E-state index in [-0.39, 0.29) is 12.3 Å². The van der Waals surface area contributed by atoms with Gasteiger partial charge in [-0.1, -0.05) is 18.2 Å². The normalized spacial score (nSPS) is 13.8. The van der Waals surface area contributed by atoms with Gasteiger partial charge in [-0.2, -0.15) is 0 Å². The zero-order valence-electron chi connectivity index (χ0n) is 15.6. The molecule has 2 aromatic carbocycles. The summed E-state index contributed by atoms with van der Waals surface area (Å²) in [5, 5.41) is 0. The number of amides is 1. The van der Waals surface area contributed by atoms with Crippen LogP contribution >= 0.6 is 0 Å². The Labute approximate surface area is 159 Å². The van der Waals surface area contributed by atoms with Crippen molar-refractivity contribution in [3.05, 3.63) is 59.4 Å². The lowest BCUT2D eigenvalue weighted by Crippen LogP contribution is -2.13. The number of primary amides is 1. The highest BCUT2D eigenvalue weighted by molar-refractivity contribution is 5.81. The Kier molecular flexibility index (Phi) is 4.84. The molecule has 1 saturated carbocycles. The van der Waals surface area contributed by atoms with Crippen molar-refractivity contribution in [2.24, 2.45) is 11.7 Å². The summed E-state index contributed by atoms with van der Waals surface area (Å²) < 4.78 is 7.87. The third kappa shape index (κ3) is 4.13. The smallest absolute Gasteiger partial charge is 0.221 e. The number of ether oxygens (including phenoxy) is 1. The minimum atomic E-state index is -0.318. The van der Waals surface area contributed by atoms with E-state index in [0.717, 1.165) is 47.1 Å². The maximum Gasteiger partial charge on any atom is 0.221 e. The number of nitrogens with two attached hydrogens (primary N) is 1. The van der Waals surface area contributed by atoms with Crippen molar-refractivity contribution in [1.29, 1.82) is 0 Å². The first-order valence-electron chi connectivity index (χ1n) is 9.60. The molecule has 0 aliphatic heterocycles. The van der Waals surface area contributed by atoms with Gasteiger partial charge in [0, 0.05) is 13.0 Å². The van der Waals surface area contributed by atoms with Crippen molar-refractivity contribution in [2.45, 2.75) is 39.2 Å². The number of hydrogen-bond acceptors (Lipinski definition) is 3. The predicted octanol–water partition coefficient (Wildman–Crippen LogP) is 3.46. The molecule has 1 heterocycles. The molecule has 1 aliphatic rings. The van der Waals surface area contributed by atoms with E-state index in [4.69, 9.17) is 15.5 Å². The van der Waals surface area contributed by atoms with Crippen molar-refractivity contribution in [3.8, 4) is 5.75 Å². The second-order valence-corrected chi connectivity index (χ2v) is 7.30. The fourth-order valence-corrected chi connectivity index (χ4v) is 3.49. The van der Waals surface area contributed by atoms with Crippen LogP contribution in [0.1, 0.15) is 36.7 Å². The number of imidazole rings is 1. The molecular formula is C22H25N3O2. The minimum absolute atomic E-state index is 0.250. The molecule has 2 N–H and O–H groups in total. The highest BCUT2D eigenvalue weighted by Gasteiger charge is 2.24. The summed E-state index contributed by atoms with van der Waals surface area (Å²) in [4.78, 5) is 16.1. The predicted molar refractivity (Wildman–Crippen MR) is 106 cm³/mol. The molecule has 5 heteroatoms. The van der Waals surface area contributed by atoms with Crippen LogP contribution in [0.25, 0.3) is 11.0 Å². The fraction of sp³-hybridized carbons (Fsp3) is 0.364. The quantitative estimate of drug-likeness (QED) is 0.666. The summed E-state index contributed by atoms with van der Waals surface area (Å²) in [6.07, 6.45) is 3.61. The first-order valence-corrected chi connectivity index (χ1v) is 9.60. The topological polar surface area (TPSA) is 70.1 Å². The van der Waals surface area contributed by atoms with Gasteiger partial charge in [0.1, 0.15) is 11.6 Å². The van der Waals surface area contributed by atoms with E-state index in [0.29, 0.717) is 6.61 Å².